The average Bonchev–Trinajstić information content (AvgIpc) is 3.03. The molecule has 0 rings (SSSR count). The number of carbonyl (C=O) groups is 2. The molecule has 0 aromatic heterocycles. The number of nitrogens with zero attached hydrogens (tertiary/aromatic N) is 1. The van der Waals surface area contributed by atoms with Gasteiger partial charge in [-0.05, 0) is 83.8 Å². The first-order valence-electron chi connectivity index (χ1n) is 19.5. The zero-order chi connectivity index (χ0) is 33.1. The molecule has 0 aromatic rings. The Kier molecular flexibility index (Phi) is 34.7. The summed E-state index contributed by atoms with van der Waals surface area (Å²) >= 11 is 0. The number of ether oxygens (including phenoxy) is 2. The van der Waals surface area contributed by atoms with E-state index in [9.17, 15) is 14.7 Å². The van der Waals surface area contributed by atoms with E-state index < -0.39 is 0 Å². The Hall–Kier alpha value is -1.18. The summed E-state index contributed by atoms with van der Waals surface area (Å²) in [5, 5.41) is 12.6. The summed E-state index contributed by atoms with van der Waals surface area (Å²) < 4.78 is 11.2. The van der Waals surface area contributed by atoms with Crippen molar-refractivity contribution in [1.29, 1.82) is 0 Å². The Labute approximate surface area is 279 Å². The highest BCUT2D eigenvalue weighted by Crippen LogP contribution is 2.17. The Balaban J connectivity index is 4.11. The van der Waals surface area contributed by atoms with Gasteiger partial charge in [-0.1, -0.05) is 111 Å². The average molecular weight is 641 g/mol. The maximum absolute atomic E-state index is 12.6. The predicted octanol–water partition coefficient (Wildman–Crippen LogP) is 9.14. The second-order valence-corrected chi connectivity index (χ2v) is 13.1. The minimum atomic E-state index is -0.0967. The molecule has 0 saturated heterocycles. The van der Waals surface area contributed by atoms with E-state index in [0.717, 1.165) is 116 Å². The summed E-state index contributed by atoms with van der Waals surface area (Å²) in [4.78, 5) is 26.8. The number of carbonyl (C=O) groups excluding carboxylic acids is 2. The zero-order valence-corrected chi connectivity index (χ0v) is 30.2. The highest BCUT2D eigenvalue weighted by molar-refractivity contribution is 5.71. The topological polar surface area (TPSA) is 88.1 Å². The first kappa shape index (κ1) is 43.8. The van der Waals surface area contributed by atoms with Crippen molar-refractivity contribution in [3.8, 4) is 0 Å². The molecule has 0 saturated carbocycles. The molecule has 7 nitrogen and oxygen atoms in total. The molecule has 7 heteroatoms. The number of rotatable bonds is 36. The van der Waals surface area contributed by atoms with E-state index in [0.29, 0.717) is 19.6 Å². The monoisotopic (exact) mass is 641 g/mol. The molecule has 0 spiro atoms. The van der Waals surface area contributed by atoms with Crippen LogP contribution in [-0.4, -0.2) is 74.0 Å². The van der Waals surface area contributed by atoms with E-state index >= 15 is 0 Å². The molecule has 0 heterocycles. The van der Waals surface area contributed by atoms with E-state index in [1.54, 1.807) is 0 Å². The van der Waals surface area contributed by atoms with Crippen LogP contribution in [-0.2, 0) is 19.1 Å². The van der Waals surface area contributed by atoms with Gasteiger partial charge in [-0.15, -0.1) is 0 Å². The van der Waals surface area contributed by atoms with Gasteiger partial charge in [0.15, 0.2) is 0 Å². The van der Waals surface area contributed by atoms with Gasteiger partial charge in [0.1, 0.15) is 6.10 Å². The van der Waals surface area contributed by atoms with Gasteiger partial charge in [0.2, 0.25) is 0 Å². The quantitative estimate of drug-likeness (QED) is 0.0521. The fourth-order valence-corrected chi connectivity index (χ4v) is 5.74. The highest BCUT2D eigenvalue weighted by atomic mass is 16.5. The number of aliphatic hydroxyl groups excluding tert-OH is 1. The molecule has 2 N–H and O–H groups in total. The van der Waals surface area contributed by atoms with Gasteiger partial charge in [-0.3, -0.25) is 9.59 Å². The SMILES string of the molecule is CCCCCCCCC(CCCCCCCC)OC(=O)CNCCCCCN(CCCO)CCCCCCC(=O)OCCCC. The molecular formula is C38H76N2O5. The van der Waals surface area contributed by atoms with E-state index in [2.05, 4.69) is 31.0 Å². The molecule has 0 bridgehead atoms. The second-order valence-electron chi connectivity index (χ2n) is 13.1. The molecule has 0 fully saturated rings. The lowest BCUT2D eigenvalue weighted by Gasteiger charge is -2.22. The van der Waals surface area contributed by atoms with Gasteiger partial charge in [-0.25, -0.2) is 0 Å². The Morgan fingerprint density at radius 2 is 1.11 bits per heavy atom. The normalized spacial score (nSPS) is 11.5. The lowest BCUT2D eigenvalue weighted by Crippen LogP contribution is -2.29. The van der Waals surface area contributed by atoms with Gasteiger partial charge < -0.3 is 24.8 Å². The van der Waals surface area contributed by atoms with Crippen molar-refractivity contribution in [2.24, 2.45) is 0 Å². The highest BCUT2D eigenvalue weighted by Gasteiger charge is 2.14. The summed E-state index contributed by atoms with van der Waals surface area (Å²) in [6.07, 6.45) is 28.2. The van der Waals surface area contributed by atoms with Crippen LogP contribution in [0.15, 0.2) is 0 Å². The molecule has 0 unspecified atom stereocenters. The third-order valence-corrected chi connectivity index (χ3v) is 8.65. The van der Waals surface area contributed by atoms with E-state index in [-0.39, 0.29) is 24.6 Å². The number of esters is 2. The molecule has 0 aliphatic carbocycles. The summed E-state index contributed by atoms with van der Waals surface area (Å²) in [6.45, 7) is 11.6. The van der Waals surface area contributed by atoms with Crippen LogP contribution < -0.4 is 5.32 Å². The van der Waals surface area contributed by atoms with Crippen molar-refractivity contribution < 1.29 is 24.2 Å². The van der Waals surface area contributed by atoms with E-state index in [1.807, 2.05) is 0 Å². The minimum Gasteiger partial charge on any atom is -0.466 e. The first-order chi connectivity index (χ1) is 22.1. The Bertz CT molecular complexity index is 617. The number of nitrogens with one attached hydrogen (secondary N) is 1. The van der Waals surface area contributed by atoms with Crippen LogP contribution in [0.1, 0.15) is 181 Å². The summed E-state index contributed by atoms with van der Waals surface area (Å²) in [6, 6.07) is 0. The number of unbranched alkanes of at least 4 members (excludes halogenated alkanes) is 16. The maximum Gasteiger partial charge on any atom is 0.320 e. The lowest BCUT2D eigenvalue weighted by molar-refractivity contribution is -0.148. The molecular weight excluding hydrogens is 564 g/mol. The molecule has 0 radical (unpaired) electrons. The fourth-order valence-electron chi connectivity index (χ4n) is 5.74. The van der Waals surface area contributed by atoms with Gasteiger partial charge >= 0.3 is 11.9 Å². The number of aliphatic hydroxyl groups is 1. The van der Waals surface area contributed by atoms with Crippen molar-refractivity contribution >= 4 is 11.9 Å². The van der Waals surface area contributed by atoms with Crippen LogP contribution >= 0.6 is 0 Å². The summed E-state index contributed by atoms with van der Waals surface area (Å²) in [5.41, 5.74) is 0. The van der Waals surface area contributed by atoms with Crippen molar-refractivity contribution in [1.82, 2.24) is 10.2 Å². The molecule has 45 heavy (non-hydrogen) atoms. The molecule has 0 aliphatic heterocycles. The standard InChI is InChI=1S/C38H76N2O5/c1-4-7-10-12-14-19-26-36(27-20-15-13-11-8-5-2)45-38(43)35-39-29-22-18-24-31-40(32-25-33-41)30-23-17-16-21-28-37(42)44-34-9-6-3/h36,39,41H,4-35H2,1-3H3. The number of hydrogen-bond acceptors (Lipinski definition) is 7. The zero-order valence-electron chi connectivity index (χ0n) is 30.2. The molecule has 0 amide bonds. The maximum atomic E-state index is 12.6. The van der Waals surface area contributed by atoms with Crippen LogP contribution in [0, 0.1) is 0 Å². The van der Waals surface area contributed by atoms with Gasteiger partial charge in [0, 0.05) is 19.6 Å². The molecule has 0 atom stereocenters. The van der Waals surface area contributed by atoms with Crippen LogP contribution in [0.3, 0.4) is 0 Å². The second kappa shape index (κ2) is 35.7. The minimum absolute atomic E-state index is 0.0596. The van der Waals surface area contributed by atoms with E-state index in [1.165, 1.54) is 64.2 Å². The molecule has 0 aliphatic rings. The fraction of sp³-hybridized carbons (Fsp3) is 0.947. The predicted molar refractivity (Wildman–Crippen MR) is 190 cm³/mol. The van der Waals surface area contributed by atoms with Crippen LogP contribution in [0.4, 0.5) is 0 Å². The van der Waals surface area contributed by atoms with Crippen molar-refractivity contribution in [3.05, 3.63) is 0 Å². The van der Waals surface area contributed by atoms with Crippen LogP contribution in [0.25, 0.3) is 0 Å². The van der Waals surface area contributed by atoms with Gasteiger partial charge in [0.25, 0.3) is 0 Å². The largest absolute Gasteiger partial charge is 0.466 e. The number of hydrogen-bond donors (Lipinski definition) is 2. The van der Waals surface area contributed by atoms with E-state index in [4.69, 9.17) is 9.47 Å². The third kappa shape index (κ3) is 32.5. The third-order valence-electron chi connectivity index (χ3n) is 8.65. The van der Waals surface area contributed by atoms with Gasteiger partial charge in [0.05, 0.1) is 13.2 Å². The summed E-state index contributed by atoms with van der Waals surface area (Å²) in [7, 11) is 0. The van der Waals surface area contributed by atoms with Gasteiger partial charge in [-0.2, -0.15) is 0 Å². The van der Waals surface area contributed by atoms with Crippen LogP contribution in [0.2, 0.25) is 0 Å². The Morgan fingerprint density at radius 1 is 0.600 bits per heavy atom. The molecule has 268 valence electrons. The van der Waals surface area contributed by atoms with Crippen molar-refractivity contribution in [3.63, 3.8) is 0 Å². The van der Waals surface area contributed by atoms with Crippen molar-refractivity contribution in [2.45, 2.75) is 187 Å². The van der Waals surface area contributed by atoms with Crippen molar-refractivity contribution in [2.75, 3.05) is 45.9 Å². The Morgan fingerprint density at radius 3 is 1.71 bits per heavy atom. The smallest absolute Gasteiger partial charge is 0.320 e. The lowest BCUT2D eigenvalue weighted by atomic mass is 10.0. The first-order valence-corrected chi connectivity index (χ1v) is 19.5. The summed E-state index contributed by atoms with van der Waals surface area (Å²) in [5.74, 6) is -0.156. The van der Waals surface area contributed by atoms with Crippen LogP contribution in [0.5, 0.6) is 0 Å². The molecule has 0 aromatic carbocycles.